The number of anilines is 1. The van der Waals surface area contributed by atoms with Gasteiger partial charge in [-0.25, -0.2) is 15.0 Å². The van der Waals surface area contributed by atoms with Gasteiger partial charge in [-0.1, -0.05) is 11.3 Å². The number of ether oxygens (including phenoxy) is 1. The van der Waals surface area contributed by atoms with Crippen molar-refractivity contribution in [3.8, 4) is 11.5 Å². The maximum absolute atomic E-state index is 13.0. The summed E-state index contributed by atoms with van der Waals surface area (Å²) in [6.07, 6.45) is 3.06. The molecule has 12 heteroatoms. The van der Waals surface area contributed by atoms with Crippen LogP contribution in [0.5, 0.6) is 0 Å². The molecule has 1 aliphatic rings. The Labute approximate surface area is 166 Å². The molecule has 5 rings (SSSR count). The number of rotatable bonds is 3. The number of thiazole rings is 1. The van der Waals surface area contributed by atoms with Crippen molar-refractivity contribution in [3.05, 3.63) is 47.5 Å². The number of imidazole rings is 1. The average molecular weight is 421 g/mol. The van der Waals surface area contributed by atoms with Crippen molar-refractivity contribution in [1.82, 2.24) is 29.5 Å². The van der Waals surface area contributed by atoms with Crippen LogP contribution in [0.15, 0.2) is 37.1 Å². The molecule has 4 aromatic rings. The van der Waals surface area contributed by atoms with E-state index < -0.39 is 11.1 Å². The van der Waals surface area contributed by atoms with Gasteiger partial charge in [-0.3, -0.25) is 9.50 Å². The summed E-state index contributed by atoms with van der Waals surface area (Å²) in [5.74, 6) is 0.987. The third kappa shape index (κ3) is 3.34. The van der Waals surface area contributed by atoms with Gasteiger partial charge in [-0.2, -0.15) is 18.3 Å². The molecular formula is C17H14F3N7OS. The van der Waals surface area contributed by atoms with Crippen molar-refractivity contribution in [2.75, 3.05) is 24.6 Å². The van der Waals surface area contributed by atoms with Gasteiger partial charge in [0.2, 0.25) is 0 Å². The Morgan fingerprint density at radius 3 is 2.93 bits per heavy atom. The van der Waals surface area contributed by atoms with Crippen molar-refractivity contribution >= 4 is 22.1 Å². The van der Waals surface area contributed by atoms with E-state index in [9.17, 15) is 13.2 Å². The van der Waals surface area contributed by atoms with Gasteiger partial charge >= 0.3 is 6.18 Å². The number of hydrogen-bond acceptors (Lipinski definition) is 7. The fourth-order valence-corrected chi connectivity index (χ4v) is 4.05. The number of morpholine rings is 1. The van der Waals surface area contributed by atoms with E-state index in [0.717, 1.165) is 11.8 Å². The third-order valence-electron chi connectivity index (χ3n) is 4.64. The first-order chi connectivity index (χ1) is 14.0. The first-order valence-electron chi connectivity index (χ1n) is 8.72. The molecule has 0 aromatic carbocycles. The highest BCUT2D eigenvalue weighted by Crippen LogP contribution is 2.36. The quantitative estimate of drug-likeness (QED) is 0.547. The van der Waals surface area contributed by atoms with Gasteiger partial charge in [0.25, 0.3) is 0 Å². The van der Waals surface area contributed by atoms with Crippen LogP contribution >= 0.6 is 11.3 Å². The van der Waals surface area contributed by atoms with E-state index >= 15 is 0 Å². The summed E-state index contributed by atoms with van der Waals surface area (Å²) in [6, 6.07) is 1.77. The zero-order valence-electron chi connectivity index (χ0n) is 14.8. The van der Waals surface area contributed by atoms with Crippen molar-refractivity contribution in [3.63, 3.8) is 0 Å². The van der Waals surface area contributed by atoms with Crippen molar-refractivity contribution in [1.29, 1.82) is 0 Å². The Bertz CT molecular complexity index is 1140. The summed E-state index contributed by atoms with van der Waals surface area (Å²) in [7, 11) is 0. The van der Waals surface area contributed by atoms with E-state index in [-0.39, 0.29) is 11.1 Å². The predicted octanol–water partition coefficient (Wildman–Crippen LogP) is 3.17. The molecule has 1 saturated heterocycles. The molecule has 0 spiro atoms. The lowest BCUT2D eigenvalue weighted by molar-refractivity contribution is -0.134. The highest BCUT2D eigenvalue weighted by atomic mass is 32.1. The molecule has 1 atom stereocenters. The van der Waals surface area contributed by atoms with E-state index in [1.165, 1.54) is 10.6 Å². The Kier molecular flexibility index (Phi) is 4.24. The Balaban J connectivity index is 1.46. The highest BCUT2D eigenvalue weighted by molar-refractivity contribution is 7.17. The summed E-state index contributed by atoms with van der Waals surface area (Å²) in [6.45, 7) is 1.74. The van der Waals surface area contributed by atoms with Crippen LogP contribution in [-0.2, 0) is 10.9 Å². The summed E-state index contributed by atoms with van der Waals surface area (Å²) < 4.78 is 46.2. The van der Waals surface area contributed by atoms with E-state index in [1.54, 1.807) is 24.7 Å². The summed E-state index contributed by atoms with van der Waals surface area (Å²) >= 11 is 0.586. The molecule has 1 fully saturated rings. The SMILES string of the molecule is FC(F)(F)c1cn2c(-c3nccc(N4CCOC(c5cn[nH]c5)C4)n3)cnc2s1. The van der Waals surface area contributed by atoms with Crippen LogP contribution in [-0.4, -0.2) is 49.2 Å². The van der Waals surface area contributed by atoms with E-state index in [4.69, 9.17) is 4.74 Å². The van der Waals surface area contributed by atoms with Gasteiger partial charge in [0.15, 0.2) is 10.8 Å². The van der Waals surface area contributed by atoms with Crippen LogP contribution in [0.3, 0.4) is 0 Å². The summed E-state index contributed by atoms with van der Waals surface area (Å²) in [5, 5.41) is 6.73. The zero-order chi connectivity index (χ0) is 20.0. The lowest BCUT2D eigenvalue weighted by Crippen LogP contribution is -2.38. The van der Waals surface area contributed by atoms with Gasteiger partial charge in [-0.15, -0.1) is 0 Å². The monoisotopic (exact) mass is 421 g/mol. The topological polar surface area (TPSA) is 84.2 Å². The number of halogens is 3. The molecule has 1 N–H and O–H groups in total. The number of alkyl halides is 3. The van der Waals surface area contributed by atoms with E-state index in [1.807, 2.05) is 0 Å². The highest BCUT2D eigenvalue weighted by Gasteiger charge is 2.34. The second kappa shape index (κ2) is 6.81. The molecule has 0 saturated carbocycles. The van der Waals surface area contributed by atoms with Crippen LogP contribution in [0.2, 0.25) is 0 Å². The molecule has 0 amide bonds. The number of nitrogens with one attached hydrogen (secondary N) is 1. The molecule has 1 aliphatic heterocycles. The Morgan fingerprint density at radius 1 is 1.24 bits per heavy atom. The number of H-pyrrole nitrogens is 1. The first kappa shape index (κ1) is 18.1. The minimum absolute atomic E-state index is 0.145. The van der Waals surface area contributed by atoms with E-state index in [0.29, 0.717) is 48.4 Å². The Hall–Kier alpha value is -2.99. The molecule has 0 aliphatic carbocycles. The number of hydrogen-bond donors (Lipinski definition) is 1. The minimum Gasteiger partial charge on any atom is -0.370 e. The molecule has 150 valence electrons. The van der Waals surface area contributed by atoms with Crippen LogP contribution < -0.4 is 4.90 Å². The molecule has 1 unspecified atom stereocenters. The van der Waals surface area contributed by atoms with Crippen molar-refractivity contribution < 1.29 is 17.9 Å². The van der Waals surface area contributed by atoms with Crippen LogP contribution in [0.25, 0.3) is 16.5 Å². The molecular weight excluding hydrogens is 407 g/mol. The van der Waals surface area contributed by atoms with Crippen molar-refractivity contribution in [2.24, 2.45) is 0 Å². The van der Waals surface area contributed by atoms with Gasteiger partial charge in [0, 0.05) is 37.2 Å². The second-order valence-corrected chi connectivity index (χ2v) is 7.47. The lowest BCUT2D eigenvalue weighted by Gasteiger charge is -2.33. The summed E-state index contributed by atoms with van der Waals surface area (Å²) in [5.41, 5.74) is 1.35. The molecule has 0 bridgehead atoms. The smallest absolute Gasteiger partial charge is 0.370 e. The first-order valence-corrected chi connectivity index (χ1v) is 9.53. The third-order valence-corrected chi connectivity index (χ3v) is 5.68. The minimum atomic E-state index is -4.42. The van der Waals surface area contributed by atoms with Crippen LogP contribution in [0.4, 0.5) is 19.0 Å². The lowest BCUT2D eigenvalue weighted by atomic mass is 10.1. The van der Waals surface area contributed by atoms with E-state index in [2.05, 4.69) is 30.0 Å². The average Bonchev–Trinajstić information content (AvgIpc) is 3.44. The molecule has 29 heavy (non-hydrogen) atoms. The van der Waals surface area contributed by atoms with Gasteiger partial charge in [0.05, 0.1) is 19.0 Å². The number of aromatic nitrogens is 6. The standard InChI is InChI=1S/C17H14F3N7OS/c18-17(19,20)13-9-27-11(7-22-16(27)29-13)15-21-2-1-14(25-15)26-3-4-28-12(8-26)10-5-23-24-6-10/h1-2,5-7,9,12H,3-4,8H2,(H,23,24). The predicted molar refractivity (Wildman–Crippen MR) is 98.6 cm³/mol. The van der Waals surface area contributed by atoms with Crippen molar-refractivity contribution in [2.45, 2.75) is 12.3 Å². The zero-order valence-corrected chi connectivity index (χ0v) is 15.6. The molecule has 0 radical (unpaired) electrons. The van der Waals surface area contributed by atoms with Gasteiger partial charge in [-0.05, 0) is 6.07 Å². The second-order valence-electron chi connectivity index (χ2n) is 6.46. The van der Waals surface area contributed by atoms with Gasteiger partial charge in [0.1, 0.15) is 22.5 Å². The number of aromatic amines is 1. The number of fused-ring (bicyclic) bond motifs is 1. The fraction of sp³-hybridized carbons (Fsp3) is 0.294. The maximum atomic E-state index is 13.0. The molecule has 5 heterocycles. The van der Waals surface area contributed by atoms with Crippen LogP contribution in [0.1, 0.15) is 16.5 Å². The molecule has 4 aromatic heterocycles. The molecule has 8 nitrogen and oxygen atoms in total. The Morgan fingerprint density at radius 2 is 2.14 bits per heavy atom. The fourth-order valence-electron chi connectivity index (χ4n) is 3.23. The van der Waals surface area contributed by atoms with Crippen LogP contribution in [0, 0.1) is 0 Å². The number of nitrogens with zero attached hydrogens (tertiary/aromatic N) is 6. The maximum Gasteiger partial charge on any atom is 0.427 e. The normalized spacial score (nSPS) is 17.9. The van der Waals surface area contributed by atoms with Gasteiger partial charge < -0.3 is 9.64 Å². The summed E-state index contributed by atoms with van der Waals surface area (Å²) in [4.78, 5) is 14.5. The largest absolute Gasteiger partial charge is 0.427 e.